The van der Waals surface area contributed by atoms with Crippen molar-refractivity contribution in [2.75, 3.05) is 22.6 Å². The van der Waals surface area contributed by atoms with Gasteiger partial charge in [0.15, 0.2) is 0 Å². The van der Waals surface area contributed by atoms with Crippen molar-refractivity contribution in [2.45, 2.75) is 103 Å². The van der Waals surface area contributed by atoms with Crippen LogP contribution in [-0.2, 0) is 42.6 Å². The predicted octanol–water partition coefficient (Wildman–Crippen LogP) is 12.8. The number of rotatable bonds is 15. The SMILES string of the molecule is CCC.CS(=O)(=O)CCCn1c(CNc2cncc(Cl)c2NC2CC2)cc2cc(Cl)ccc21.O=c1n(Cc2cc3cc(Cl)ccc3n2CCCC(F)(F)F)c2cncc(Cl)c2n1CC(F)(F)F. The lowest BCUT2D eigenvalue weighted by atomic mass is 10.2. The van der Waals surface area contributed by atoms with Gasteiger partial charge >= 0.3 is 18.0 Å². The van der Waals surface area contributed by atoms with Crippen LogP contribution in [-0.4, -0.2) is 67.1 Å². The molecule has 7 aromatic rings. The van der Waals surface area contributed by atoms with Gasteiger partial charge in [-0.2, -0.15) is 26.3 Å². The summed E-state index contributed by atoms with van der Waals surface area (Å²) < 4.78 is 106. The smallest absolute Gasteiger partial charge is 0.379 e. The number of halogens is 10. The maximum absolute atomic E-state index is 13.2. The van der Waals surface area contributed by atoms with Crippen LogP contribution in [0, 0.1) is 0 Å². The Morgan fingerprint density at radius 2 is 1.28 bits per heavy atom. The Morgan fingerprint density at radius 3 is 1.87 bits per heavy atom. The maximum Gasteiger partial charge on any atom is 0.406 e. The van der Waals surface area contributed by atoms with E-state index in [1.807, 2.05) is 18.2 Å². The third kappa shape index (κ3) is 14.0. The van der Waals surface area contributed by atoms with Gasteiger partial charge in [-0.05, 0) is 74.2 Å². The van der Waals surface area contributed by atoms with Crippen molar-refractivity contribution >= 4 is 100 Å². The summed E-state index contributed by atoms with van der Waals surface area (Å²) in [6.07, 6.45) is 0.877. The van der Waals surface area contributed by atoms with Crippen LogP contribution in [0.25, 0.3) is 32.8 Å². The minimum Gasteiger partial charge on any atom is -0.379 e. The molecule has 0 bridgehead atoms. The Hall–Kier alpha value is -4.62. The summed E-state index contributed by atoms with van der Waals surface area (Å²) in [4.78, 5) is 21.1. The molecule has 0 amide bonds. The molecule has 362 valence electrons. The third-order valence-corrected chi connectivity index (χ3v) is 12.5. The van der Waals surface area contributed by atoms with E-state index < -0.39 is 40.8 Å². The van der Waals surface area contributed by atoms with Crippen LogP contribution in [0.3, 0.4) is 0 Å². The second-order valence-electron chi connectivity index (χ2n) is 16.3. The molecule has 1 saturated carbocycles. The number of nitrogens with zero attached hydrogens (tertiary/aromatic N) is 6. The summed E-state index contributed by atoms with van der Waals surface area (Å²) in [5.41, 5.74) is 3.79. The quantitative estimate of drug-likeness (QED) is 0.0981. The van der Waals surface area contributed by atoms with Crippen molar-refractivity contribution < 1.29 is 34.8 Å². The zero-order chi connectivity index (χ0) is 48.8. The molecule has 0 aliphatic heterocycles. The van der Waals surface area contributed by atoms with Crippen molar-refractivity contribution in [3.63, 3.8) is 0 Å². The molecule has 0 unspecified atom stereocenters. The number of hydrogen-bond acceptors (Lipinski definition) is 7. The van der Waals surface area contributed by atoms with E-state index in [0.717, 1.165) is 51.6 Å². The number of aromatic nitrogens is 6. The lowest BCUT2D eigenvalue weighted by molar-refractivity contribution is -0.140. The molecule has 0 radical (unpaired) electrons. The molecule has 22 heteroatoms. The van der Waals surface area contributed by atoms with Gasteiger partial charge in [-0.25, -0.2) is 13.2 Å². The average molecular weight is 1040 g/mol. The molecule has 0 saturated heterocycles. The van der Waals surface area contributed by atoms with Gasteiger partial charge in [0.1, 0.15) is 16.4 Å². The molecule has 2 aromatic carbocycles. The highest BCUT2D eigenvalue weighted by Gasteiger charge is 2.32. The largest absolute Gasteiger partial charge is 0.406 e. The van der Waals surface area contributed by atoms with Gasteiger partial charge in [-0.1, -0.05) is 66.7 Å². The Labute approximate surface area is 402 Å². The van der Waals surface area contributed by atoms with Gasteiger partial charge in [-0.15, -0.1) is 0 Å². The third-order valence-electron chi connectivity index (χ3n) is 10.5. The fraction of sp³-hybridized carbons (Fsp3) is 0.400. The van der Waals surface area contributed by atoms with E-state index in [9.17, 15) is 39.6 Å². The zero-order valence-electron chi connectivity index (χ0n) is 36.6. The normalized spacial score (nSPS) is 13.1. The fourth-order valence-electron chi connectivity index (χ4n) is 7.53. The van der Waals surface area contributed by atoms with Gasteiger partial charge in [0.25, 0.3) is 0 Å². The summed E-state index contributed by atoms with van der Waals surface area (Å²) in [6.45, 7) is 3.63. The van der Waals surface area contributed by atoms with E-state index in [4.69, 9.17) is 46.4 Å². The monoisotopic (exact) mass is 1030 g/mol. The van der Waals surface area contributed by atoms with Crippen molar-refractivity contribution in [3.05, 3.63) is 115 Å². The van der Waals surface area contributed by atoms with Crippen molar-refractivity contribution in [1.29, 1.82) is 0 Å². The van der Waals surface area contributed by atoms with Crippen LogP contribution in [0.1, 0.15) is 63.8 Å². The number of aryl methyl sites for hydroxylation is 2. The molecule has 8 rings (SSSR count). The summed E-state index contributed by atoms with van der Waals surface area (Å²) >= 11 is 24.7. The minimum atomic E-state index is -4.68. The first kappa shape index (κ1) is 51.8. The van der Waals surface area contributed by atoms with Gasteiger partial charge in [0.05, 0.1) is 63.7 Å². The van der Waals surface area contributed by atoms with Crippen LogP contribution in [0.4, 0.5) is 37.7 Å². The topological polar surface area (TPSA) is 121 Å². The lowest BCUT2D eigenvalue weighted by Gasteiger charge is -2.16. The molecule has 1 fully saturated rings. The number of imidazole rings is 1. The first-order valence-corrected chi connectivity index (χ1v) is 24.9. The standard InChI is InChI=1S/C21H16Cl2F6N4O.C21H24Cl2N4O2S.C3H8/c22-13-2-3-16-12(6-13)7-14(31(16)5-1-4-20(24,25)26)10-32-17-9-30-8-15(23)18(17)33(19(32)34)11-21(27,28)29;1-30(28,29)8-2-7-27-17(10-14-9-15(22)3-6-20(14)27)11-25-19-13-24-12-18(23)21(19)26-16-4-5-16;1-3-2/h2-3,6-9H,1,4-5,10-11H2;3,6,9-10,12-13,16,25H,2,4-5,7-8,11H2,1H3,(H,24,26);3H2,1-2H3. The molecule has 2 N–H and O–H groups in total. The number of nitrogens with one attached hydrogen (secondary N) is 2. The van der Waals surface area contributed by atoms with Crippen molar-refractivity contribution in [2.24, 2.45) is 0 Å². The maximum atomic E-state index is 13.2. The van der Waals surface area contributed by atoms with Crippen molar-refractivity contribution in [3.8, 4) is 0 Å². The highest BCUT2D eigenvalue weighted by atomic mass is 35.5. The van der Waals surface area contributed by atoms with Gasteiger partial charge in [0.2, 0.25) is 0 Å². The lowest BCUT2D eigenvalue weighted by Crippen LogP contribution is -2.30. The molecule has 0 atom stereocenters. The highest BCUT2D eigenvalue weighted by molar-refractivity contribution is 7.90. The number of benzene rings is 2. The van der Waals surface area contributed by atoms with E-state index in [2.05, 4.69) is 45.1 Å². The fourth-order valence-corrected chi connectivity index (χ4v) is 9.01. The highest BCUT2D eigenvalue weighted by Crippen LogP contribution is 2.35. The summed E-state index contributed by atoms with van der Waals surface area (Å²) in [5, 5.41) is 10.1. The summed E-state index contributed by atoms with van der Waals surface area (Å²) in [7, 11) is -3.00. The van der Waals surface area contributed by atoms with E-state index in [1.54, 1.807) is 41.2 Å². The Bertz CT molecular complexity index is 3020. The number of sulfone groups is 1. The number of pyridine rings is 2. The van der Waals surface area contributed by atoms with Crippen LogP contribution in [0.2, 0.25) is 20.1 Å². The predicted molar refractivity (Wildman–Crippen MR) is 257 cm³/mol. The van der Waals surface area contributed by atoms with Gasteiger partial charge in [-0.3, -0.25) is 19.1 Å². The van der Waals surface area contributed by atoms with Gasteiger partial charge in [0, 0.05) is 87.4 Å². The molecule has 11 nitrogen and oxygen atoms in total. The van der Waals surface area contributed by atoms with Crippen LogP contribution in [0.5, 0.6) is 0 Å². The molecule has 5 heterocycles. The number of fused-ring (bicyclic) bond motifs is 3. The van der Waals surface area contributed by atoms with Crippen LogP contribution in [0.15, 0.2) is 78.1 Å². The Morgan fingerprint density at radius 1 is 0.716 bits per heavy atom. The summed E-state index contributed by atoms with van der Waals surface area (Å²) in [5.74, 6) is 0.154. The van der Waals surface area contributed by atoms with Crippen LogP contribution >= 0.6 is 46.4 Å². The van der Waals surface area contributed by atoms with E-state index in [1.165, 1.54) is 18.9 Å². The number of anilines is 2. The van der Waals surface area contributed by atoms with Crippen molar-refractivity contribution in [1.82, 2.24) is 28.2 Å². The Kier molecular flexibility index (Phi) is 16.8. The average Bonchev–Trinajstić information content (AvgIpc) is 3.83. The summed E-state index contributed by atoms with van der Waals surface area (Å²) in [6, 6.07) is 14.8. The zero-order valence-corrected chi connectivity index (χ0v) is 40.4. The molecule has 5 aromatic heterocycles. The van der Waals surface area contributed by atoms with E-state index >= 15 is 0 Å². The first-order chi connectivity index (χ1) is 31.6. The second-order valence-corrected chi connectivity index (χ2v) is 20.2. The molecule has 1 aliphatic carbocycles. The second kappa shape index (κ2) is 21.8. The van der Waals surface area contributed by atoms with Crippen LogP contribution < -0.4 is 16.3 Å². The van der Waals surface area contributed by atoms with E-state index in [0.29, 0.717) is 61.8 Å². The number of alkyl halides is 6. The van der Waals surface area contributed by atoms with Gasteiger partial charge < -0.3 is 19.8 Å². The van der Waals surface area contributed by atoms with E-state index in [-0.39, 0.29) is 41.3 Å². The molecular formula is C45H48Cl4F6N8O3S. The molecule has 67 heavy (non-hydrogen) atoms. The number of hydrogen-bond donors (Lipinski definition) is 2. The molecule has 1 aliphatic rings. The Balaban J connectivity index is 0.000000210. The molecular weight excluding hydrogens is 988 g/mol. The first-order valence-electron chi connectivity index (χ1n) is 21.3. The molecule has 0 spiro atoms. The minimum absolute atomic E-state index is 0.0189.